The third-order valence-electron chi connectivity index (χ3n) is 2.98. The van der Waals surface area contributed by atoms with E-state index in [-0.39, 0.29) is 17.6 Å². The zero-order valence-corrected chi connectivity index (χ0v) is 12.2. The van der Waals surface area contributed by atoms with Crippen LogP contribution in [0.3, 0.4) is 0 Å². The van der Waals surface area contributed by atoms with Crippen molar-refractivity contribution >= 4 is 11.3 Å². The lowest BCUT2D eigenvalue weighted by atomic mass is 10.0. The number of halogens is 1. The minimum absolute atomic E-state index is 0.126. The summed E-state index contributed by atoms with van der Waals surface area (Å²) in [6, 6.07) is 9.25. The number of rotatable bonds is 5. The maximum absolute atomic E-state index is 14.4. The lowest BCUT2D eigenvalue weighted by molar-refractivity contribution is 0.382. The van der Waals surface area contributed by atoms with Crippen LogP contribution in [-0.4, -0.2) is 13.7 Å². The monoisotopic (exact) mass is 279 g/mol. The van der Waals surface area contributed by atoms with E-state index in [1.54, 1.807) is 23.5 Å². The van der Waals surface area contributed by atoms with E-state index in [0.29, 0.717) is 5.56 Å². The summed E-state index contributed by atoms with van der Waals surface area (Å²) in [5.74, 6) is -0.00400. The summed E-state index contributed by atoms with van der Waals surface area (Å²) in [7, 11) is 1.49. The van der Waals surface area contributed by atoms with Gasteiger partial charge in [0.25, 0.3) is 0 Å². The Bertz CT molecular complexity index is 553. The van der Waals surface area contributed by atoms with Crippen molar-refractivity contribution in [2.24, 2.45) is 0 Å². The van der Waals surface area contributed by atoms with E-state index in [2.05, 4.69) is 18.3 Å². The van der Waals surface area contributed by atoms with Crippen LogP contribution in [0.4, 0.5) is 4.39 Å². The third kappa shape index (κ3) is 2.96. The Balaban J connectivity index is 2.44. The quantitative estimate of drug-likeness (QED) is 0.896. The molecule has 19 heavy (non-hydrogen) atoms. The second-order valence-corrected chi connectivity index (χ2v) is 5.62. The Morgan fingerprint density at radius 2 is 2.11 bits per heavy atom. The molecule has 1 aromatic carbocycles. The molecule has 0 saturated heterocycles. The van der Waals surface area contributed by atoms with E-state index in [4.69, 9.17) is 4.74 Å². The van der Waals surface area contributed by atoms with Gasteiger partial charge in [-0.2, -0.15) is 0 Å². The van der Waals surface area contributed by atoms with Crippen molar-refractivity contribution < 1.29 is 9.13 Å². The number of aryl methyl sites for hydroxylation is 1. The van der Waals surface area contributed by atoms with Crippen LogP contribution >= 0.6 is 11.3 Å². The predicted molar refractivity (Wildman–Crippen MR) is 77.5 cm³/mol. The highest BCUT2D eigenvalue weighted by Gasteiger charge is 2.20. The van der Waals surface area contributed by atoms with Crippen LogP contribution in [0.15, 0.2) is 30.3 Å². The molecule has 2 nitrogen and oxygen atoms in total. The number of methoxy groups -OCH3 is 1. The summed E-state index contributed by atoms with van der Waals surface area (Å²) in [5.41, 5.74) is 0.628. The molecule has 1 aromatic heterocycles. The van der Waals surface area contributed by atoms with Crippen LogP contribution < -0.4 is 10.1 Å². The van der Waals surface area contributed by atoms with Gasteiger partial charge in [0.15, 0.2) is 11.6 Å². The van der Waals surface area contributed by atoms with E-state index in [0.717, 1.165) is 11.4 Å². The van der Waals surface area contributed by atoms with E-state index < -0.39 is 0 Å². The summed E-state index contributed by atoms with van der Waals surface area (Å²) >= 11 is 1.68. The molecule has 0 spiro atoms. The van der Waals surface area contributed by atoms with Gasteiger partial charge in [0, 0.05) is 15.3 Å². The van der Waals surface area contributed by atoms with Gasteiger partial charge in [0.05, 0.1) is 13.2 Å². The SMILES string of the molecule is CCNC(c1ccc(C)s1)c1cccc(OC)c1F. The van der Waals surface area contributed by atoms with Crippen molar-refractivity contribution in [3.63, 3.8) is 0 Å². The Morgan fingerprint density at radius 3 is 2.68 bits per heavy atom. The maximum atomic E-state index is 14.4. The van der Waals surface area contributed by atoms with Gasteiger partial charge < -0.3 is 10.1 Å². The molecule has 0 amide bonds. The highest BCUT2D eigenvalue weighted by atomic mass is 32.1. The fourth-order valence-electron chi connectivity index (χ4n) is 2.08. The normalized spacial score (nSPS) is 12.4. The molecule has 2 rings (SSSR count). The van der Waals surface area contributed by atoms with E-state index in [1.807, 2.05) is 19.1 Å². The zero-order valence-electron chi connectivity index (χ0n) is 11.4. The van der Waals surface area contributed by atoms with Gasteiger partial charge in [-0.1, -0.05) is 19.1 Å². The summed E-state index contributed by atoms with van der Waals surface area (Å²) < 4.78 is 19.4. The number of ether oxygens (including phenoxy) is 1. The summed E-state index contributed by atoms with van der Waals surface area (Å²) in [5, 5.41) is 3.34. The first-order valence-corrected chi connectivity index (χ1v) is 7.11. The molecule has 2 aromatic rings. The third-order valence-corrected chi connectivity index (χ3v) is 4.04. The van der Waals surface area contributed by atoms with Crippen LogP contribution in [0.5, 0.6) is 5.75 Å². The molecule has 4 heteroatoms. The maximum Gasteiger partial charge on any atom is 0.170 e. The molecule has 0 radical (unpaired) electrons. The Kier molecular flexibility index (Phi) is 4.56. The van der Waals surface area contributed by atoms with Gasteiger partial charge in [-0.05, 0) is 31.7 Å². The number of hydrogen-bond acceptors (Lipinski definition) is 3. The lowest BCUT2D eigenvalue weighted by Gasteiger charge is -2.18. The van der Waals surface area contributed by atoms with Gasteiger partial charge in [-0.25, -0.2) is 4.39 Å². The van der Waals surface area contributed by atoms with Crippen LogP contribution in [0.25, 0.3) is 0 Å². The number of nitrogens with one attached hydrogen (secondary N) is 1. The average molecular weight is 279 g/mol. The van der Waals surface area contributed by atoms with Crippen molar-refractivity contribution in [1.82, 2.24) is 5.32 Å². The second-order valence-electron chi connectivity index (χ2n) is 4.30. The molecule has 1 heterocycles. The average Bonchev–Trinajstić information content (AvgIpc) is 2.83. The Hall–Kier alpha value is -1.39. The summed E-state index contributed by atoms with van der Waals surface area (Å²) in [4.78, 5) is 2.34. The largest absolute Gasteiger partial charge is 0.494 e. The fourth-order valence-corrected chi connectivity index (χ4v) is 3.06. The molecular formula is C15H18FNOS. The summed E-state index contributed by atoms with van der Waals surface area (Å²) in [6.45, 7) is 4.85. The van der Waals surface area contributed by atoms with Crippen molar-refractivity contribution in [2.45, 2.75) is 19.9 Å². The van der Waals surface area contributed by atoms with Gasteiger partial charge >= 0.3 is 0 Å². The van der Waals surface area contributed by atoms with E-state index in [9.17, 15) is 4.39 Å². The lowest BCUT2D eigenvalue weighted by Crippen LogP contribution is -2.22. The molecule has 0 fully saturated rings. The number of benzene rings is 1. The van der Waals surface area contributed by atoms with Crippen LogP contribution in [0.1, 0.15) is 28.3 Å². The summed E-state index contributed by atoms with van der Waals surface area (Å²) in [6.07, 6.45) is 0. The van der Waals surface area contributed by atoms with Crippen LogP contribution in [-0.2, 0) is 0 Å². The molecule has 102 valence electrons. The van der Waals surface area contributed by atoms with Crippen molar-refractivity contribution in [2.75, 3.05) is 13.7 Å². The molecule has 0 aliphatic rings. The van der Waals surface area contributed by atoms with Crippen molar-refractivity contribution in [3.8, 4) is 5.75 Å². The second kappa shape index (κ2) is 6.17. The van der Waals surface area contributed by atoms with Gasteiger partial charge in [0.1, 0.15) is 0 Å². The molecule has 0 aliphatic heterocycles. The molecule has 0 bridgehead atoms. The first-order valence-electron chi connectivity index (χ1n) is 6.29. The van der Waals surface area contributed by atoms with Crippen LogP contribution in [0, 0.1) is 12.7 Å². The minimum atomic E-state index is -0.290. The molecule has 0 aliphatic carbocycles. The highest BCUT2D eigenvalue weighted by Crippen LogP contribution is 2.32. The number of thiophene rings is 1. The molecule has 1 unspecified atom stereocenters. The van der Waals surface area contributed by atoms with Crippen molar-refractivity contribution in [3.05, 3.63) is 51.5 Å². The number of hydrogen-bond donors (Lipinski definition) is 1. The predicted octanol–water partition coefficient (Wildman–Crippen LogP) is 3.90. The Morgan fingerprint density at radius 1 is 1.32 bits per heavy atom. The minimum Gasteiger partial charge on any atom is -0.494 e. The smallest absolute Gasteiger partial charge is 0.170 e. The zero-order chi connectivity index (χ0) is 13.8. The van der Waals surface area contributed by atoms with E-state index in [1.165, 1.54) is 12.0 Å². The molecule has 1 N–H and O–H groups in total. The van der Waals surface area contributed by atoms with Crippen molar-refractivity contribution in [1.29, 1.82) is 0 Å². The van der Waals surface area contributed by atoms with Crippen LogP contribution in [0.2, 0.25) is 0 Å². The highest BCUT2D eigenvalue weighted by molar-refractivity contribution is 7.12. The molecule has 0 saturated carbocycles. The topological polar surface area (TPSA) is 21.3 Å². The van der Waals surface area contributed by atoms with Gasteiger partial charge in [-0.3, -0.25) is 0 Å². The van der Waals surface area contributed by atoms with E-state index >= 15 is 0 Å². The van der Waals surface area contributed by atoms with Gasteiger partial charge in [0.2, 0.25) is 0 Å². The first kappa shape index (κ1) is 14.0. The molecule has 1 atom stereocenters. The standard InChI is InChI=1S/C15H18FNOS/c1-4-17-15(13-9-8-10(2)19-13)11-6-5-7-12(18-3)14(11)16/h5-9,15,17H,4H2,1-3H3. The Labute approximate surface area is 117 Å². The van der Waals surface area contributed by atoms with Gasteiger partial charge in [-0.15, -0.1) is 11.3 Å². The molecular weight excluding hydrogens is 261 g/mol. The fraction of sp³-hybridized carbons (Fsp3) is 0.333. The first-order chi connectivity index (χ1) is 9.17.